The van der Waals surface area contributed by atoms with Crippen molar-refractivity contribution in [3.05, 3.63) is 53.6 Å². The molecule has 0 aromatic heterocycles. The Morgan fingerprint density at radius 3 is 2.93 bits per heavy atom. The van der Waals surface area contributed by atoms with Crippen LogP contribution < -0.4 is 14.4 Å². The van der Waals surface area contributed by atoms with E-state index in [0.29, 0.717) is 17.9 Å². The fourth-order valence-corrected chi connectivity index (χ4v) is 3.75. The number of hydrogen-bond donors (Lipinski definition) is 0. The first kappa shape index (κ1) is 17.9. The quantitative estimate of drug-likeness (QED) is 0.805. The highest BCUT2D eigenvalue weighted by atomic mass is 16.5. The normalized spacial score (nSPS) is 18.9. The highest BCUT2D eigenvalue weighted by Crippen LogP contribution is 2.32. The first-order chi connectivity index (χ1) is 13.2. The summed E-state index contributed by atoms with van der Waals surface area (Å²) in [5.74, 6) is 1.54. The molecule has 2 aromatic carbocycles. The third-order valence-corrected chi connectivity index (χ3v) is 5.19. The number of hydrogen-bond acceptors (Lipinski definition) is 4. The van der Waals surface area contributed by atoms with Crippen molar-refractivity contribution in [3.8, 4) is 11.5 Å². The Bertz CT molecular complexity index is 814. The summed E-state index contributed by atoms with van der Waals surface area (Å²) < 4.78 is 16.8. The van der Waals surface area contributed by atoms with Gasteiger partial charge >= 0.3 is 0 Å². The van der Waals surface area contributed by atoms with Gasteiger partial charge in [0, 0.05) is 24.4 Å². The Morgan fingerprint density at radius 2 is 2.11 bits per heavy atom. The zero-order valence-corrected chi connectivity index (χ0v) is 15.6. The lowest BCUT2D eigenvalue weighted by atomic mass is 10.0. The number of benzene rings is 2. The van der Waals surface area contributed by atoms with Crippen LogP contribution in [-0.4, -0.2) is 38.9 Å². The van der Waals surface area contributed by atoms with Crippen LogP contribution in [0.15, 0.2) is 42.5 Å². The van der Waals surface area contributed by atoms with E-state index in [1.165, 1.54) is 0 Å². The molecular formula is C22H25NO4. The monoisotopic (exact) mass is 367 g/mol. The molecule has 0 aliphatic carbocycles. The summed E-state index contributed by atoms with van der Waals surface area (Å²) in [6.07, 6.45) is 4.19. The number of carbonyl (C=O) groups is 1. The summed E-state index contributed by atoms with van der Waals surface area (Å²) in [5.41, 5.74) is 2.76. The van der Waals surface area contributed by atoms with Gasteiger partial charge in [-0.2, -0.15) is 0 Å². The molecule has 1 atom stereocenters. The van der Waals surface area contributed by atoms with E-state index < -0.39 is 0 Å². The Labute approximate surface area is 159 Å². The van der Waals surface area contributed by atoms with Crippen LogP contribution in [0, 0.1) is 0 Å². The molecule has 1 amide bonds. The number of nitrogens with zero attached hydrogens (tertiary/aromatic N) is 1. The molecule has 0 saturated carbocycles. The second-order valence-electron chi connectivity index (χ2n) is 7.03. The molecule has 5 heteroatoms. The summed E-state index contributed by atoms with van der Waals surface area (Å²) in [6, 6.07) is 13.3. The Kier molecular flexibility index (Phi) is 5.30. The number of anilines is 1. The molecule has 2 aromatic rings. The van der Waals surface area contributed by atoms with Gasteiger partial charge in [0.05, 0.1) is 13.2 Å². The van der Waals surface area contributed by atoms with Gasteiger partial charge in [-0.25, -0.2) is 0 Å². The second kappa shape index (κ2) is 8.01. The first-order valence-corrected chi connectivity index (χ1v) is 9.58. The van der Waals surface area contributed by atoms with Gasteiger partial charge in [0.15, 0.2) is 0 Å². The van der Waals surface area contributed by atoms with Crippen molar-refractivity contribution in [1.29, 1.82) is 0 Å². The van der Waals surface area contributed by atoms with Gasteiger partial charge in [-0.15, -0.1) is 0 Å². The largest absolute Gasteiger partial charge is 0.497 e. The van der Waals surface area contributed by atoms with Gasteiger partial charge in [0.25, 0.3) is 5.91 Å². The van der Waals surface area contributed by atoms with Crippen LogP contribution in [0.4, 0.5) is 5.69 Å². The van der Waals surface area contributed by atoms with Crippen LogP contribution in [0.25, 0.3) is 0 Å². The van der Waals surface area contributed by atoms with Gasteiger partial charge in [0.1, 0.15) is 18.1 Å². The summed E-state index contributed by atoms with van der Waals surface area (Å²) >= 11 is 0. The van der Waals surface area contributed by atoms with Crippen molar-refractivity contribution in [2.24, 2.45) is 0 Å². The molecule has 0 radical (unpaired) electrons. The average Bonchev–Trinajstić information content (AvgIpc) is 3.24. The fraction of sp³-hybridized carbons (Fsp3) is 0.409. The van der Waals surface area contributed by atoms with E-state index in [-0.39, 0.29) is 12.0 Å². The van der Waals surface area contributed by atoms with Crippen molar-refractivity contribution in [3.63, 3.8) is 0 Å². The summed E-state index contributed by atoms with van der Waals surface area (Å²) in [5, 5.41) is 0. The minimum Gasteiger partial charge on any atom is -0.497 e. The van der Waals surface area contributed by atoms with E-state index in [9.17, 15) is 4.79 Å². The Balaban J connectivity index is 1.50. The molecule has 2 aliphatic heterocycles. The average molecular weight is 367 g/mol. The molecule has 27 heavy (non-hydrogen) atoms. The molecule has 0 N–H and O–H groups in total. The van der Waals surface area contributed by atoms with Gasteiger partial charge in [-0.1, -0.05) is 6.07 Å². The molecule has 0 bridgehead atoms. The zero-order chi connectivity index (χ0) is 18.6. The standard InChI is InChI=1S/C22H25NO4/c1-25-18-9-10-21-16(13-18)6-3-11-23(21)22(24)17-5-2-7-19(14-17)27-15-20-8-4-12-26-20/h2,5,7,9-10,13-14,20H,3-4,6,8,11-12,15H2,1H3/t20-/m1/s1. The topological polar surface area (TPSA) is 48.0 Å². The van der Waals surface area contributed by atoms with Crippen molar-refractivity contribution >= 4 is 11.6 Å². The van der Waals surface area contributed by atoms with Crippen LogP contribution >= 0.6 is 0 Å². The number of amides is 1. The van der Waals surface area contributed by atoms with E-state index >= 15 is 0 Å². The van der Waals surface area contributed by atoms with Crippen molar-refractivity contribution in [2.45, 2.75) is 31.8 Å². The van der Waals surface area contributed by atoms with E-state index in [0.717, 1.165) is 55.8 Å². The summed E-state index contributed by atoms with van der Waals surface area (Å²) in [7, 11) is 1.66. The minimum atomic E-state index is 0.00341. The highest BCUT2D eigenvalue weighted by molar-refractivity contribution is 6.07. The molecule has 0 unspecified atom stereocenters. The Morgan fingerprint density at radius 1 is 1.19 bits per heavy atom. The molecule has 1 fully saturated rings. The molecule has 4 rings (SSSR count). The lowest BCUT2D eigenvalue weighted by molar-refractivity contribution is 0.0679. The third kappa shape index (κ3) is 3.93. The smallest absolute Gasteiger partial charge is 0.258 e. The van der Waals surface area contributed by atoms with Gasteiger partial charge in [-0.3, -0.25) is 4.79 Å². The predicted molar refractivity (Wildman–Crippen MR) is 104 cm³/mol. The zero-order valence-electron chi connectivity index (χ0n) is 15.6. The van der Waals surface area contributed by atoms with Crippen LogP contribution in [0.1, 0.15) is 35.2 Å². The number of carbonyl (C=O) groups excluding carboxylic acids is 1. The summed E-state index contributed by atoms with van der Waals surface area (Å²) in [4.78, 5) is 15.0. The van der Waals surface area contributed by atoms with Crippen LogP contribution in [0.3, 0.4) is 0 Å². The van der Waals surface area contributed by atoms with Gasteiger partial charge in [0.2, 0.25) is 0 Å². The number of fused-ring (bicyclic) bond motifs is 1. The lowest BCUT2D eigenvalue weighted by Crippen LogP contribution is -2.35. The lowest BCUT2D eigenvalue weighted by Gasteiger charge is -2.30. The SMILES string of the molecule is COc1ccc2c(c1)CCCN2C(=O)c1cccc(OC[C@H]2CCCO2)c1. The second-order valence-corrected chi connectivity index (χ2v) is 7.03. The number of ether oxygens (including phenoxy) is 3. The van der Waals surface area contributed by atoms with Gasteiger partial charge in [-0.05, 0) is 67.6 Å². The predicted octanol–water partition coefficient (Wildman–Crippen LogP) is 3.85. The minimum absolute atomic E-state index is 0.00341. The van der Waals surface area contributed by atoms with E-state index in [2.05, 4.69) is 0 Å². The van der Waals surface area contributed by atoms with E-state index in [1.54, 1.807) is 7.11 Å². The van der Waals surface area contributed by atoms with Crippen molar-refractivity contribution in [2.75, 3.05) is 31.8 Å². The molecule has 0 spiro atoms. The first-order valence-electron chi connectivity index (χ1n) is 9.58. The maximum Gasteiger partial charge on any atom is 0.258 e. The maximum atomic E-state index is 13.1. The van der Waals surface area contributed by atoms with E-state index in [4.69, 9.17) is 14.2 Å². The van der Waals surface area contributed by atoms with E-state index in [1.807, 2.05) is 47.4 Å². The summed E-state index contributed by atoms with van der Waals surface area (Å²) in [6.45, 7) is 2.06. The van der Waals surface area contributed by atoms with Crippen LogP contribution in [0.5, 0.6) is 11.5 Å². The third-order valence-electron chi connectivity index (χ3n) is 5.19. The molecule has 142 valence electrons. The fourth-order valence-electron chi connectivity index (χ4n) is 3.75. The highest BCUT2D eigenvalue weighted by Gasteiger charge is 2.24. The number of methoxy groups -OCH3 is 1. The molecule has 2 aliphatic rings. The Hall–Kier alpha value is -2.53. The molecule has 2 heterocycles. The van der Waals surface area contributed by atoms with Crippen LogP contribution in [0.2, 0.25) is 0 Å². The van der Waals surface area contributed by atoms with Gasteiger partial charge < -0.3 is 19.1 Å². The molecular weight excluding hydrogens is 342 g/mol. The number of aryl methyl sites for hydroxylation is 1. The van der Waals surface area contributed by atoms with Crippen LogP contribution in [-0.2, 0) is 11.2 Å². The molecule has 1 saturated heterocycles. The molecule has 5 nitrogen and oxygen atoms in total. The van der Waals surface area contributed by atoms with Crippen molar-refractivity contribution in [1.82, 2.24) is 0 Å². The maximum absolute atomic E-state index is 13.1. The number of rotatable bonds is 5. The van der Waals surface area contributed by atoms with Crippen molar-refractivity contribution < 1.29 is 19.0 Å².